The lowest BCUT2D eigenvalue weighted by Gasteiger charge is -2.32. The third-order valence-corrected chi connectivity index (χ3v) is 7.41. The Morgan fingerprint density at radius 1 is 1.05 bits per heavy atom. The number of aromatic nitrogens is 4. The van der Waals surface area contributed by atoms with Crippen molar-refractivity contribution in [1.82, 2.24) is 25.5 Å². The number of hydrogen-bond donors (Lipinski definition) is 1. The number of halogens is 1. The van der Waals surface area contributed by atoms with E-state index in [2.05, 4.69) is 20.7 Å². The molecule has 0 saturated heterocycles. The zero-order valence-electron chi connectivity index (χ0n) is 23.2. The van der Waals surface area contributed by atoms with E-state index in [0.717, 1.165) is 36.9 Å². The van der Waals surface area contributed by atoms with E-state index in [1.807, 2.05) is 0 Å². The normalized spacial score (nSPS) is 15.7. The number of fused-ring (bicyclic) bond motifs is 1. The van der Waals surface area contributed by atoms with Gasteiger partial charge < -0.3 is 19.2 Å². The standard InChI is InChI=1S/C30H31FN6O5/c1-19-11-13-25(42-19)28(30(39)32-20-7-3-2-4-8-20)37(21-12-14-24-26(17-21)41-16-15-40-24)27(38)18-36-34-29(33-35-36)22-9-5-6-10-23(22)31/h5-6,9-14,17,20,28H,2-4,7-8,15-16,18H2,1H3,(H,32,39). The highest BCUT2D eigenvalue weighted by Gasteiger charge is 2.37. The third-order valence-electron chi connectivity index (χ3n) is 7.41. The number of tetrazole rings is 1. The van der Waals surface area contributed by atoms with Crippen molar-refractivity contribution in [2.45, 2.75) is 57.7 Å². The van der Waals surface area contributed by atoms with Crippen LogP contribution in [0.15, 0.2) is 59.0 Å². The maximum atomic E-state index is 14.3. The van der Waals surface area contributed by atoms with Crippen molar-refractivity contribution in [2.75, 3.05) is 18.1 Å². The van der Waals surface area contributed by atoms with Crippen LogP contribution in [0.2, 0.25) is 0 Å². The summed E-state index contributed by atoms with van der Waals surface area (Å²) in [6.45, 7) is 2.17. The minimum absolute atomic E-state index is 0.00216. The predicted molar refractivity (Wildman–Crippen MR) is 149 cm³/mol. The zero-order valence-corrected chi connectivity index (χ0v) is 23.2. The van der Waals surface area contributed by atoms with Gasteiger partial charge in [-0.25, -0.2) is 4.39 Å². The van der Waals surface area contributed by atoms with Gasteiger partial charge in [-0.3, -0.25) is 14.5 Å². The van der Waals surface area contributed by atoms with Crippen LogP contribution in [0.3, 0.4) is 0 Å². The number of anilines is 1. The number of benzene rings is 2. The summed E-state index contributed by atoms with van der Waals surface area (Å²) in [7, 11) is 0. The Labute approximate surface area is 241 Å². The van der Waals surface area contributed by atoms with Gasteiger partial charge in [0.15, 0.2) is 17.5 Å². The fourth-order valence-electron chi connectivity index (χ4n) is 5.38. The van der Waals surface area contributed by atoms with Gasteiger partial charge in [0.05, 0.1) is 5.56 Å². The number of rotatable bonds is 8. The first kappa shape index (κ1) is 27.4. The number of amides is 2. The predicted octanol–water partition coefficient (Wildman–Crippen LogP) is 4.38. The van der Waals surface area contributed by atoms with Crippen molar-refractivity contribution in [1.29, 1.82) is 0 Å². The lowest BCUT2D eigenvalue weighted by atomic mass is 9.95. The minimum Gasteiger partial charge on any atom is -0.486 e. The van der Waals surface area contributed by atoms with E-state index >= 15 is 0 Å². The molecule has 0 bridgehead atoms. The van der Waals surface area contributed by atoms with Crippen LogP contribution in [0.1, 0.15) is 49.7 Å². The lowest BCUT2D eigenvalue weighted by molar-refractivity contribution is -0.128. The van der Waals surface area contributed by atoms with E-state index in [9.17, 15) is 14.0 Å². The summed E-state index contributed by atoms with van der Waals surface area (Å²) in [5.41, 5.74) is 0.562. The number of nitrogens with zero attached hydrogens (tertiary/aromatic N) is 5. The second kappa shape index (κ2) is 12.0. The van der Waals surface area contributed by atoms with E-state index in [1.165, 1.54) is 17.0 Å². The molecule has 218 valence electrons. The van der Waals surface area contributed by atoms with Crippen molar-refractivity contribution in [3.63, 3.8) is 0 Å². The molecule has 12 heteroatoms. The molecule has 42 heavy (non-hydrogen) atoms. The number of carbonyl (C=O) groups excluding carboxylic acids is 2. The van der Waals surface area contributed by atoms with Crippen molar-refractivity contribution < 1.29 is 27.9 Å². The molecule has 2 aromatic carbocycles. The first-order valence-electron chi connectivity index (χ1n) is 14.1. The van der Waals surface area contributed by atoms with Gasteiger partial charge in [-0.05, 0) is 61.4 Å². The summed E-state index contributed by atoms with van der Waals surface area (Å²) in [4.78, 5) is 30.6. The second-order valence-corrected chi connectivity index (χ2v) is 10.4. The van der Waals surface area contributed by atoms with Crippen LogP contribution >= 0.6 is 0 Å². The average molecular weight is 575 g/mol. The lowest BCUT2D eigenvalue weighted by Crippen LogP contribution is -2.48. The van der Waals surface area contributed by atoms with Gasteiger partial charge in [-0.1, -0.05) is 31.4 Å². The van der Waals surface area contributed by atoms with Crippen molar-refractivity contribution >= 4 is 17.5 Å². The Hall–Kier alpha value is -4.74. The maximum Gasteiger partial charge on any atom is 0.251 e. The summed E-state index contributed by atoms with van der Waals surface area (Å²) in [5, 5.41) is 15.3. The highest BCUT2D eigenvalue weighted by molar-refractivity contribution is 6.01. The van der Waals surface area contributed by atoms with Gasteiger partial charge in [-0.15, -0.1) is 10.2 Å². The van der Waals surface area contributed by atoms with E-state index in [1.54, 1.807) is 49.4 Å². The number of carbonyl (C=O) groups is 2. The molecule has 1 aliphatic carbocycles. The molecule has 1 unspecified atom stereocenters. The monoisotopic (exact) mass is 574 g/mol. The van der Waals surface area contributed by atoms with Crippen LogP contribution in [0, 0.1) is 12.7 Å². The van der Waals surface area contributed by atoms with Crippen LogP contribution in [0.4, 0.5) is 10.1 Å². The van der Waals surface area contributed by atoms with Crippen LogP contribution in [-0.2, 0) is 16.1 Å². The summed E-state index contributed by atoms with van der Waals surface area (Å²) in [6.07, 6.45) is 4.94. The van der Waals surface area contributed by atoms with E-state index < -0.39 is 17.8 Å². The van der Waals surface area contributed by atoms with E-state index in [4.69, 9.17) is 13.9 Å². The van der Waals surface area contributed by atoms with Gasteiger partial charge >= 0.3 is 0 Å². The first-order valence-corrected chi connectivity index (χ1v) is 14.1. The Kier molecular flexibility index (Phi) is 7.85. The Morgan fingerprint density at radius 3 is 2.60 bits per heavy atom. The van der Waals surface area contributed by atoms with Gasteiger partial charge in [0.1, 0.15) is 37.1 Å². The molecule has 0 radical (unpaired) electrons. The topological polar surface area (TPSA) is 125 Å². The largest absolute Gasteiger partial charge is 0.486 e. The molecule has 4 aromatic rings. The van der Waals surface area contributed by atoms with Crippen molar-refractivity contribution in [2.24, 2.45) is 0 Å². The van der Waals surface area contributed by atoms with Gasteiger partial charge in [0.2, 0.25) is 5.82 Å². The fourth-order valence-corrected chi connectivity index (χ4v) is 5.38. The smallest absolute Gasteiger partial charge is 0.251 e. The molecule has 1 fully saturated rings. The van der Waals surface area contributed by atoms with Crippen LogP contribution < -0.4 is 19.7 Å². The average Bonchev–Trinajstić information content (AvgIpc) is 3.65. The molecular weight excluding hydrogens is 543 g/mol. The summed E-state index contributed by atoms with van der Waals surface area (Å²) in [6, 6.07) is 13.4. The summed E-state index contributed by atoms with van der Waals surface area (Å²) in [5.74, 6) is 0.570. The van der Waals surface area contributed by atoms with Gasteiger partial charge in [0.25, 0.3) is 11.8 Å². The summed E-state index contributed by atoms with van der Waals surface area (Å²) >= 11 is 0. The second-order valence-electron chi connectivity index (χ2n) is 10.4. The van der Waals surface area contributed by atoms with Crippen molar-refractivity contribution in [3.05, 3.63) is 71.9 Å². The molecule has 2 aromatic heterocycles. The number of nitrogens with one attached hydrogen (secondary N) is 1. The van der Waals surface area contributed by atoms with Gasteiger partial charge in [0, 0.05) is 17.8 Å². The van der Waals surface area contributed by atoms with E-state index in [-0.39, 0.29) is 29.9 Å². The summed E-state index contributed by atoms with van der Waals surface area (Å²) < 4.78 is 31.7. The van der Waals surface area contributed by atoms with Crippen LogP contribution in [0.5, 0.6) is 11.5 Å². The van der Waals surface area contributed by atoms with Crippen molar-refractivity contribution in [3.8, 4) is 22.9 Å². The molecular formula is C30H31FN6O5. The molecule has 1 aliphatic heterocycles. The van der Waals surface area contributed by atoms with Crippen LogP contribution in [0.25, 0.3) is 11.4 Å². The minimum atomic E-state index is -1.13. The highest BCUT2D eigenvalue weighted by atomic mass is 19.1. The maximum absolute atomic E-state index is 14.3. The molecule has 0 spiro atoms. The number of ether oxygens (including phenoxy) is 2. The SMILES string of the molecule is Cc1ccc(C(C(=O)NC2CCCCC2)N(C(=O)Cn2nnc(-c3ccccc3F)n2)c2ccc3c(c2)OCCO3)o1. The molecule has 1 atom stereocenters. The Bertz CT molecular complexity index is 1580. The third kappa shape index (κ3) is 5.83. The molecule has 1 N–H and O–H groups in total. The molecule has 6 rings (SSSR count). The highest BCUT2D eigenvalue weighted by Crippen LogP contribution is 2.38. The van der Waals surface area contributed by atoms with Crippen LogP contribution in [-0.4, -0.2) is 51.3 Å². The molecule has 2 aliphatic rings. The van der Waals surface area contributed by atoms with E-state index in [0.29, 0.717) is 41.9 Å². The van der Waals surface area contributed by atoms with Gasteiger partial charge in [-0.2, -0.15) is 4.80 Å². The number of furan rings is 1. The molecule has 3 heterocycles. The first-order chi connectivity index (χ1) is 20.5. The number of hydrogen-bond acceptors (Lipinski definition) is 8. The molecule has 2 amide bonds. The fraction of sp³-hybridized carbons (Fsp3) is 0.367. The molecule has 11 nitrogen and oxygen atoms in total. The molecule has 1 saturated carbocycles. The Balaban J connectivity index is 1.37. The Morgan fingerprint density at radius 2 is 1.83 bits per heavy atom. The quantitative estimate of drug-likeness (QED) is 0.329. The number of aryl methyl sites for hydroxylation is 1. The zero-order chi connectivity index (χ0) is 29.1.